The average molecular weight is 291 g/mol. The summed E-state index contributed by atoms with van der Waals surface area (Å²) in [6.07, 6.45) is 0. The highest BCUT2D eigenvalue weighted by Crippen LogP contribution is 2.34. The quantitative estimate of drug-likeness (QED) is 0.644. The molecule has 0 aliphatic carbocycles. The number of phenols is 2. The van der Waals surface area contributed by atoms with Gasteiger partial charge in [-0.15, -0.1) is 0 Å². The van der Waals surface area contributed by atoms with Crippen molar-refractivity contribution in [3.8, 4) is 22.6 Å². The van der Waals surface area contributed by atoms with Crippen molar-refractivity contribution in [2.24, 2.45) is 0 Å². The van der Waals surface area contributed by atoms with Crippen molar-refractivity contribution in [2.75, 3.05) is 13.2 Å². The fraction of sp³-hybridized carbons (Fsp3) is 0.133. The molecule has 2 aromatic carbocycles. The standard InChI is InChI=1S/C15H14FNO4/c16-11-3-1-9(2-4-11)10-7-12(14(20)13(19)8-10)15(21)17-5-6-18/h1-4,7-8,18-20H,5-6H2,(H,17,21). The number of halogens is 1. The molecule has 0 fully saturated rings. The van der Waals surface area contributed by atoms with Crippen molar-refractivity contribution in [3.63, 3.8) is 0 Å². The van der Waals surface area contributed by atoms with Crippen LogP contribution in [0.2, 0.25) is 0 Å². The maximum absolute atomic E-state index is 12.9. The van der Waals surface area contributed by atoms with Gasteiger partial charge in [0.05, 0.1) is 12.2 Å². The van der Waals surface area contributed by atoms with Gasteiger partial charge in [0.2, 0.25) is 0 Å². The highest BCUT2D eigenvalue weighted by molar-refractivity contribution is 5.99. The van der Waals surface area contributed by atoms with E-state index in [1.807, 2.05) is 0 Å². The third-order valence-electron chi connectivity index (χ3n) is 2.91. The topological polar surface area (TPSA) is 89.8 Å². The molecule has 4 N–H and O–H groups in total. The molecule has 0 atom stereocenters. The Kier molecular flexibility index (Phi) is 4.39. The van der Waals surface area contributed by atoms with Crippen LogP contribution >= 0.6 is 0 Å². The number of phenolic OH excluding ortho intramolecular Hbond substituents is 2. The summed E-state index contributed by atoms with van der Waals surface area (Å²) in [7, 11) is 0. The molecule has 2 aromatic rings. The predicted molar refractivity (Wildman–Crippen MR) is 74.6 cm³/mol. The molecule has 0 radical (unpaired) electrons. The van der Waals surface area contributed by atoms with Crippen molar-refractivity contribution in [1.29, 1.82) is 0 Å². The minimum Gasteiger partial charge on any atom is -0.504 e. The third kappa shape index (κ3) is 3.29. The number of carbonyl (C=O) groups excluding carboxylic acids is 1. The average Bonchev–Trinajstić information content (AvgIpc) is 2.48. The summed E-state index contributed by atoms with van der Waals surface area (Å²) >= 11 is 0. The second-order valence-electron chi connectivity index (χ2n) is 4.38. The first-order chi connectivity index (χ1) is 10.0. The number of aromatic hydroxyl groups is 2. The second kappa shape index (κ2) is 6.23. The first-order valence-electron chi connectivity index (χ1n) is 6.24. The maximum Gasteiger partial charge on any atom is 0.255 e. The second-order valence-corrected chi connectivity index (χ2v) is 4.38. The fourth-order valence-corrected chi connectivity index (χ4v) is 1.87. The van der Waals surface area contributed by atoms with Crippen LogP contribution in [0, 0.1) is 5.82 Å². The molecule has 0 heterocycles. The van der Waals surface area contributed by atoms with Gasteiger partial charge >= 0.3 is 0 Å². The summed E-state index contributed by atoms with van der Waals surface area (Å²) in [5.41, 5.74) is 0.921. The normalized spacial score (nSPS) is 10.4. The lowest BCUT2D eigenvalue weighted by atomic mass is 10.0. The van der Waals surface area contributed by atoms with Gasteiger partial charge in [-0.2, -0.15) is 0 Å². The van der Waals surface area contributed by atoms with Crippen LogP contribution in [0.3, 0.4) is 0 Å². The molecule has 2 rings (SSSR count). The van der Waals surface area contributed by atoms with E-state index in [9.17, 15) is 19.4 Å². The van der Waals surface area contributed by atoms with E-state index in [-0.39, 0.29) is 18.7 Å². The Bertz CT molecular complexity index is 655. The Morgan fingerprint density at radius 2 is 1.76 bits per heavy atom. The van der Waals surface area contributed by atoms with E-state index in [4.69, 9.17) is 5.11 Å². The summed E-state index contributed by atoms with van der Waals surface area (Å²) in [5.74, 6) is -2.02. The molecular weight excluding hydrogens is 277 g/mol. The third-order valence-corrected chi connectivity index (χ3v) is 2.91. The van der Waals surface area contributed by atoms with E-state index in [1.54, 1.807) is 0 Å². The van der Waals surface area contributed by atoms with Crippen molar-refractivity contribution in [1.82, 2.24) is 5.32 Å². The van der Waals surface area contributed by atoms with E-state index < -0.39 is 23.2 Å². The van der Waals surface area contributed by atoms with E-state index in [0.717, 1.165) is 0 Å². The molecule has 0 spiro atoms. The lowest BCUT2D eigenvalue weighted by molar-refractivity contribution is 0.0941. The highest BCUT2D eigenvalue weighted by Gasteiger charge is 2.16. The Labute approximate surface area is 120 Å². The number of hydrogen-bond donors (Lipinski definition) is 4. The minimum absolute atomic E-state index is 0.0276. The fourth-order valence-electron chi connectivity index (χ4n) is 1.87. The molecule has 21 heavy (non-hydrogen) atoms. The van der Waals surface area contributed by atoms with Crippen LogP contribution in [-0.2, 0) is 0 Å². The Balaban J connectivity index is 2.42. The molecular formula is C15H14FNO4. The number of aliphatic hydroxyl groups excluding tert-OH is 1. The van der Waals surface area contributed by atoms with E-state index >= 15 is 0 Å². The molecule has 0 aliphatic rings. The number of nitrogens with one attached hydrogen (secondary N) is 1. The van der Waals surface area contributed by atoms with Gasteiger partial charge in [-0.25, -0.2) is 4.39 Å². The first kappa shape index (κ1) is 14.8. The van der Waals surface area contributed by atoms with Crippen molar-refractivity contribution >= 4 is 5.91 Å². The number of benzene rings is 2. The molecule has 6 heteroatoms. The van der Waals surface area contributed by atoms with Gasteiger partial charge < -0.3 is 20.6 Å². The van der Waals surface area contributed by atoms with Gasteiger partial charge in [0, 0.05) is 6.54 Å². The van der Waals surface area contributed by atoms with E-state index in [1.165, 1.54) is 36.4 Å². The van der Waals surface area contributed by atoms with Crippen molar-refractivity contribution in [2.45, 2.75) is 0 Å². The largest absolute Gasteiger partial charge is 0.504 e. The molecule has 0 aliphatic heterocycles. The summed E-state index contributed by atoms with van der Waals surface area (Å²) in [4.78, 5) is 11.9. The first-order valence-corrected chi connectivity index (χ1v) is 6.24. The van der Waals surface area contributed by atoms with Gasteiger partial charge in [-0.1, -0.05) is 12.1 Å². The SMILES string of the molecule is O=C(NCCO)c1cc(-c2ccc(F)cc2)cc(O)c1O. The van der Waals surface area contributed by atoms with Crippen LogP contribution in [0.25, 0.3) is 11.1 Å². The van der Waals surface area contributed by atoms with Crippen LogP contribution in [-0.4, -0.2) is 34.4 Å². The van der Waals surface area contributed by atoms with Crippen LogP contribution in [0.4, 0.5) is 4.39 Å². The predicted octanol–water partition coefficient (Wildman–Crippen LogP) is 1.63. The molecule has 0 saturated heterocycles. The van der Waals surface area contributed by atoms with E-state index in [0.29, 0.717) is 11.1 Å². The molecule has 1 amide bonds. The maximum atomic E-state index is 12.9. The molecule has 0 unspecified atom stereocenters. The molecule has 110 valence electrons. The van der Waals surface area contributed by atoms with Gasteiger partial charge in [-0.05, 0) is 35.4 Å². The van der Waals surface area contributed by atoms with Crippen molar-refractivity contribution in [3.05, 3.63) is 47.8 Å². The van der Waals surface area contributed by atoms with Crippen LogP contribution in [0.5, 0.6) is 11.5 Å². The van der Waals surface area contributed by atoms with Crippen LogP contribution in [0.15, 0.2) is 36.4 Å². The highest BCUT2D eigenvalue weighted by atomic mass is 19.1. The van der Waals surface area contributed by atoms with Crippen LogP contribution < -0.4 is 5.32 Å². The molecule has 5 nitrogen and oxygen atoms in total. The van der Waals surface area contributed by atoms with E-state index in [2.05, 4.69) is 5.32 Å². The van der Waals surface area contributed by atoms with Gasteiger partial charge in [-0.3, -0.25) is 4.79 Å². The summed E-state index contributed by atoms with van der Waals surface area (Å²) in [6.45, 7) is -0.212. The molecule has 0 bridgehead atoms. The Morgan fingerprint density at radius 1 is 1.10 bits per heavy atom. The number of aliphatic hydroxyl groups is 1. The van der Waals surface area contributed by atoms with Crippen molar-refractivity contribution < 1.29 is 24.5 Å². The summed E-state index contributed by atoms with van der Waals surface area (Å²) < 4.78 is 12.9. The van der Waals surface area contributed by atoms with Gasteiger partial charge in [0.15, 0.2) is 11.5 Å². The van der Waals surface area contributed by atoms with Gasteiger partial charge in [0.1, 0.15) is 5.82 Å². The zero-order chi connectivity index (χ0) is 15.4. The lowest BCUT2D eigenvalue weighted by Crippen LogP contribution is -2.26. The zero-order valence-corrected chi connectivity index (χ0v) is 11.0. The lowest BCUT2D eigenvalue weighted by Gasteiger charge is -2.10. The van der Waals surface area contributed by atoms with Gasteiger partial charge in [0.25, 0.3) is 5.91 Å². The number of carbonyl (C=O) groups is 1. The molecule has 0 saturated carbocycles. The monoisotopic (exact) mass is 291 g/mol. The summed E-state index contributed by atoms with van der Waals surface area (Å²) in [5, 5.41) is 30.5. The van der Waals surface area contributed by atoms with Crippen LogP contribution in [0.1, 0.15) is 10.4 Å². The summed E-state index contributed by atoms with van der Waals surface area (Å²) in [6, 6.07) is 8.17. The number of amides is 1. The molecule has 0 aromatic heterocycles. The smallest absolute Gasteiger partial charge is 0.255 e. The minimum atomic E-state index is -0.624. The number of hydrogen-bond acceptors (Lipinski definition) is 4. The number of rotatable bonds is 4. The Morgan fingerprint density at radius 3 is 2.38 bits per heavy atom. The zero-order valence-electron chi connectivity index (χ0n) is 11.0. The Hall–Kier alpha value is -2.60.